The fraction of sp³-hybridized carbons (Fsp3) is 0.294. The molecule has 2 rings (SSSR count). The molecule has 0 amide bonds. The zero-order valence-corrected chi connectivity index (χ0v) is 12.5. The van der Waals surface area contributed by atoms with E-state index in [4.69, 9.17) is 5.73 Å². The molecular formula is C17H20F2N2. The van der Waals surface area contributed by atoms with Gasteiger partial charge in [0.1, 0.15) is 0 Å². The van der Waals surface area contributed by atoms with E-state index in [0.29, 0.717) is 12.1 Å². The summed E-state index contributed by atoms with van der Waals surface area (Å²) < 4.78 is 26.5. The molecule has 0 aliphatic carbocycles. The molecule has 1 unspecified atom stereocenters. The van der Waals surface area contributed by atoms with Crippen molar-refractivity contribution < 1.29 is 8.78 Å². The van der Waals surface area contributed by atoms with Gasteiger partial charge in [0.05, 0.1) is 6.04 Å². The molecule has 0 saturated carbocycles. The van der Waals surface area contributed by atoms with Gasteiger partial charge in [-0.25, -0.2) is 8.78 Å². The van der Waals surface area contributed by atoms with E-state index < -0.39 is 11.6 Å². The number of nitrogens with zero attached hydrogens (tertiary/aromatic N) is 1. The summed E-state index contributed by atoms with van der Waals surface area (Å²) in [6, 6.07) is 9.92. The number of anilines is 1. The Hall–Kier alpha value is -1.94. The maximum atomic E-state index is 13.4. The largest absolute Gasteiger partial charge is 0.366 e. The number of benzene rings is 2. The Labute approximate surface area is 124 Å². The highest BCUT2D eigenvalue weighted by Gasteiger charge is 2.18. The minimum atomic E-state index is -0.847. The average molecular weight is 290 g/mol. The summed E-state index contributed by atoms with van der Waals surface area (Å²) in [6.07, 6.45) is 0. The van der Waals surface area contributed by atoms with Gasteiger partial charge < -0.3 is 10.6 Å². The highest BCUT2D eigenvalue weighted by atomic mass is 19.2. The van der Waals surface area contributed by atoms with Crippen LogP contribution in [0.1, 0.15) is 22.7 Å². The van der Waals surface area contributed by atoms with Gasteiger partial charge in [0.15, 0.2) is 11.6 Å². The van der Waals surface area contributed by atoms with E-state index in [9.17, 15) is 8.78 Å². The zero-order chi connectivity index (χ0) is 15.6. The van der Waals surface area contributed by atoms with Crippen LogP contribution in [0, 0.1) is 25.5 Å². The number of nitrogens with two attached hydrogens (primary N) is 1. The Morgan fingerprint density at radius 2 is 1.62 bits per heavy atom. The first-order valence-corrected chi connectivity index (χ1v) is 6.88. The number of halogens is 2. The molecule has 21 heavy (non-hydrogen) atoms. The summed E-state index contributed by atoms with van der Waals surface area (Å²) in [5, 5.41) is 0. The van der Waals surface area contributed by atoms with Gasteiger partial charge in [-0.15, -0.1) is 0 Å². The molecule has 0 aliphatic heterocycles. The van der Waals surface area contributed by atoms with E-state index in [-0.39, 0.29) is 6.04 Å². The van der Waals surface area contributed by atoms with Crippen LogP contribution >= 0.6 is 0 Å². The van der Waals surface area contributed by atoms with Crippen molar-refractivity contribution in [3.8, 4) is 0 Å². The lowest BCUT2D eigenvalue weighted by Crippen LogP contribution is -2.30. The minimum Gasteiger partial charge on any atom is -0.366 e. The van der Waals surface area contributed by atoms with E-state index in [1.807, 2.05) is 25.8 Å². The molecule has 0 fully saturated rings. The van der Waals surface area contributed by atoms with Gasteiger partial charge in [0, 0.05) is 19.3 Å². The minimum absolute atomic E-state index is 0.207. The molecular weight excluding hydrogens is 270 g/mol. The second kappa shape index (κ2) is 6.22. The standard InChI is InChI=1S/C17H20F2N2/c1-11-6-12(2)8-14(7-11)21(3)17(10-20)13-4-5-15(18)16(19)9-13/h4-9,17H,10,20H2,1-3H3. The van der Waals surface area contributed by atoms with E-state index >= 15 is 0 Å². The number of hydrogen-bond acceptors (Lipinski definition) is 2. The third kappa shape index (κ3) is 3.39. The van der Waals surface area contributed by atoms with Crippen molar-refractivity contribution in [2.75, 3.05) is 18.5 Å². The number of rotatable bonds is 4. The molecule has 112 valence electrons. The fourth-order valence-corrected chi connectivity index (χ4v) is 2.57. The summed E-state index contributed by atoms with van der Waals surface area (Å²) in [7, 11) is 1.91. The first-order valence-electron chi connectivity index (χ1n) is 6.88. The normalized spacial score (nSPS) is 12.3. The van der Waals surface area contributed by atoms with Gasteiger partial charge in [0.25, 0.3) is 0 Å². The van der Waals surface area contributed by atoms with Crippen LogP contribution in [0.3, 0.4) is 0 Å². The van der Waals surface area contributed by atoms with Crippen LogP contribution in [0.2, 0.25) is 0 Å². The van der Waals surface area contributed by atoms with Gasteiger partial charge >= 0.3 is 0 Å². The van der Waals surface area contributed by atoms with Crippen molar-refractivity contribution >= 4 is 5.69 Å². The lowest BCUT2D eigenvalue weighted by Gasteiger charge is -2.30. The number of hydrogen-bond donors (Lipinski definition) is 1. The topological polar surface area (TPSA) is 29.3 Å². The summed E-state index contributed by atoms with van der Waals surface area (Å²) >= 11 is 0. The zero-order valence-electron chi connectivity index (χ0n) is 12.5. The molecule has 0 radical (unpaired) electrons. The lowest BCUT2D eigenvalue weighted by molar-refractivity contribution is 0.504. The molecule has 2 nitrogen and oxygen atoms in total. The van der Waals surface area contributed by atoms with Crippen LogP contribution in [0.4, 0.5) is 14.5 Å². The Morgan fingerprint density at radius 1 is 1.00 bits per heavy atom. The van der Waals surface area contributed by atoms with Crippen molar-refractivity contribution in [1.82, 2.24) is 0 Å². The summed E-state index contributed by atoms with van der Waals surface area (Å²) in [5.41, 5.74) is 9.82. The maximum absolute atomic E-state index is 13.4. The molecule has 0 bridgehead atoms. The molecule has 0 saturated heterocycles. The van der Waals surface area contributed by atoms with Crippen LogP contribution in [0.5, 0.6) is 0 Å². The van der Waals surface area contributed by atoms with Gasteiger partial charge in [-0.2, -0.15) is 0 Å². The highest BCUT2D eigenvalue weighted by Crippen LogP contribution is 2.27. The average Bonchev–Trinajstić information content (AvgIpc) is 2.42. The first-order chi connectivity index (χ1) is 9.92. The molecule has 2 aromatic carbocycles. The molecule has 2 N–H and O–H groups in total. The van der Waals surface area contributed by atoms with Gasteiger partial charge in [-0.1, -0.05) is 12.1 Å². The van der Waals surface area contributed by atoms with Gasteiger partial charge in [-0.3, -0.25) is 0 Å². The monoisotopic (exact) mass is 290 g/mol. The van der Waals surface area contributed by atoms with Crippen LogP contribution in [0.25, 0.3) is 0 Å². The molecule has 0 aromatic heterocycles. The first kappa shape index (κ1) is 15.4. The Balaban J connectivity index is 2.37. The smallest absolute Gasteiger partial charge is 0.159 e. The summed E-state index contributed by atoms with van der Waals surface area (Å²) in [5.74, 6) is -1.69. The van der Waals surface area contributed by atoms with E-state index in [1.54, 1.807) is 6.07 Å². The van der Waals surface area contributed by atoms with Gasteiger partial charge in [0.2, 0.25) is 0 Å². The lowest BCUT2D eigenvalue weighted by atomic mass is 10.0. The van der Waals surface area contributed by atoms with Crippen molar-refractivity contribution in [3.05, 3.63) is 64.7 Å². The second-order valence-electron chi connectivity index (χ2n) is 5.38. The quantitative estimate of drug-likeness (QED) is 0.930. The third-order valence-electron chi connectivity index (χ3n) is 3.63. The Morgan fingerprint density at radius 3 is 2.14 bits per heavy atom. The van der Waals surface area contributed by atoms with Crippen LogP contribution in [-0.2, 0) is 0 Å². The molecule has 4 heteroatoms. The summed E-state index contributed by atoms with van der Waals surface area (Å²) in [6.45, 7) is 4.37. The maximum Gasteiger partial charge on any atom is 0.159 e. The predicted molar refractivity (Wildman–Crippen MR) is 82.5 cm³/mol. The van der Waals surface area contributed by atoms with Crippen molar-refractivity contribution in [2.24, 2.45) is 5.73 Å². The Kier molecular flexibility index (Phi) is 4.58. The Bertz CT molecular complexity index is 620. The van der Waals surface area contributed by atoms with Crippen LogP contribution < -0.4 is 10.6 Å². The highest BCUT2D eigenvalue weighted by molar-refractivity contribution is 5.52. The van der Waals surface area contributed by atoms with Crippen molar-refractivity contribution in [1.29, 1.82) is 0 Å². The molecule has 0 spiro atoms. The van der Waals surface area contributed by atoms with Gasteiger partial charge in [-0.05, 0) is 54.8 Å². The summed E-state index contributed by atoms with van der Waals surface area (Å²) in [4.78, 5) is 1.99. The number of aryl methyl sites for hydroxylation is 2. The molecule has 2 aromatic rings. The SMILES string of the molecule is Cc1cc(C)cc(N(C)C(CN)c2ccc(F)c(F)c2)c1. The van der Waals surface area contributed by atoms with Crippen LogP contribution in [-0.4, -0.2) is 13.6 Å². The molecule has 1 atom stereocenters. The third-order valence-corrected chi connectivity index (χ3v) is 3.63. The van der Waals surface area contributed by atoms with Crippen LogP contribution in [0.15, 0.2) is 36.4 Å². The van der Waals surface area contributed by atoms with E-state index in [0.717, 1.165) is 22.9 Å². The van der Waals surface area contributed by atoms with Crippen molar-refractivity contribution in [3.63, 3.8) is 0 Å². The second-order valence-corrected chi connectivity index (χ2v) is 5.38. The van der Waals surface area contributed by atoms with Crippen molar-refractivity contribution in [2.45, 2.75) is 19.9 Å². The number of likely N-dealkylation sites (N-methyl/N-ethyl adjacent to an activating group) is 1. The van der Waals surface area contributed by atoms with E-state index in [2.05, 4.69) is 18.2 Å². The fourth-order valence-electron chi connectivity index (χ4n) is 2.57. The molecule has 0 aliphatic rings. The van der Waals surface area contributed by atoms with E-state index in [1.165, 1.54) is 6.07 Å². The molecule has 0 heterocycles. The predicted octanol–water partition coefficient (Wildman–Crippen LogP) is 3.72.